The molecular weight excluding hydrogens is 540 g/mol. The Hall–Kier alpha value is -3.04. The number of nitrogens with zero attached hydrogens (tertiary/aromatic N) is 3. The number of carbonyl (C=O) groups is 2. The molecule has 2 aliphatic heterocycles. The highest BCUT2D eigenvalue weighted by Gasteiger charge is 2.46. The molecule has 0 spiro atoms. The summed E-state index contributed by atoms with van der Waals surface area (Å²) in [7, 11) is 1.75. The average Bonchev–Trinajstić information content (AvgIpc) is 3.56. The van der Waals surface area contributed by atoms with Crippen LogP contribution in [-0.4, -0.2) is 77.4 Å². The number of aliphatic imine (C=N–C) groups is 1. The number of allylic oxidation sites excluding steroid dienone is 2. The van der Waals surface area contributed by atoms with Gasteiger partial charge in [0.15, 0.2) is 0 Å². The van der Waals surface area contributed by atoms with Crippen LogP contribution in [0.15, 0.2) is 46.7 Å². The smallest absolute Gasteiger partial charge is 0.246 e. The first-order valence-electron chi connectivity index (χ1n) is 14.4. The van der Waals surface area contributed by atoms with E-state index in [1.165, 1.54) is 6.20 Å². The van der Waals surface area contributed by atoms with Crippen molar-refractivity contribution in [3.63, 3.8) is 0 Å². The van der Waals surface area contributed by atoms with Gasteiger partial charge in [-0.05, 0) is 42.2 Å². The maximum absolute atomic E-state index is 14.0. The van der Waals surface area contributed by atoms with E-state index in [1.807, 2.05) is 49.4 Å². The standard InChI is InChI=1S/C31H47ClN6O3/c1-20(2)27(37-18-31(6,35-19-37)30(3,4)5)29(41)38-14-8-9-26(38)28(40)36-25(17-39)22-12-10-21(11-13-22)23(15-33)24(32)16-34-7/h10-13,15-16,19-20,25-27,34,39H,8-9,14,17-18,33H2,1-7H3,(H,36,40)/b23-15-,24-16+/t25?,26-,27-,31?/m0/s1. The summed E-state index contributed by atoms with van der Waals surface area (Å²) in [6.45, 7) is 13.6. The Labute approximate surface area is 249 Å². The van der Waals surface area contributed by atoms with Gasteiger partial charge in [0.05, 0.1) is 29.6 Å². The van der Waals surface area contributed by atoms with Crippen molar-refractivity contribution in [2.75, 3.05) is 26.7 Å². The second kappa shape index (κ2) is 13.3. The summed E-state index contributed by atoms with van der Waals surface area (Å²) in [6.07, 6.45) is 6.22. The maximum Gasteiger partial charge on any atom is 0.246 e. The third kappa shape index (κ3) is 7.07. The summed E-state index contributed by atoms with van der Waals surface area (Å²) in [5.74, 6) is -0.286. The first-order chi connectivity index (χ1) is 19.3. The number of likely N-dealkylation sites (tertiary alicyclic amines) is 1. The first kappa shape index (κ1) is 32.5. The fourth-order valence-corrected chi connectivity index (χ4v) is 5.72. The van der Waals surface area contributed by atoms with Gasteiger partial charge in [0.1, 0.15) is 12.1 Å². The van der Waals surface area contributed by atoms with Crippen LogP contribution >= 0.6 is 11.6 Å². The van der Waals surface area contributed by atoms with Crippen LogP contribution in [0.2, 0.25) is 0 Å². The highest BCUT2D eigenvalue weighted by molar-refractivity contribution is 6.36. The van der Waals surface area contributed by atoms with Crippen molar-refractivity contribution < 1.29 is 14.7 Å². The van der Waals surface area contributed by atoms with Gasteiger partial charge in [-0.1, -0.05) is 70.5 Å². The average molecular weight is 587 g/mol. The number of hydrogen-bond acceptors (Lipinski definition) is 7. The molecule has 1 saturated heterocycles. The van der Waals surface area contributed by atoms with Gasteiger partial charge in [0, 0.05) is 38.1 Å². The number of halogens is 1. The third-order valence-corrected chi connectivity index (χ3v) is 8.81. The fraction of sp³-hybridized carbons (Fsp3) is 0.581. The van der Waals surface area contributed by atoms with Gasteiger partial charge in [0.2, 0.25) is 11.8 Å². The van der Waals surface area contributed by atoms with Crippen LogP contribution in [0.4, 0.5) is 0 Å². The molecule has 1 fully saturated rings. The molecular formula is C31H47ClN6O3. The topological polar surface area (TPSA) is 123 Å². The second-order valence-corrected chi connectivity index (χ2v) is 13.0. The fourth-order valence-electron chi connectivity index (χ4n) is 5.44. The van der Waals surface area contributed by atoms with Crippen molar-refractivity contribution in [3.8, 4) is 0 Å². The lowest BCUT2D eigenvalue weighted by atomic mass is 9.75. The zero-order valence-corrected chi connectivity index (χ0v) is 26.2. The Balaban J connectivity index is 1.74. The van der Waals surface area contributed by atoms with E-state index in [4.69, 9.17) is 22.3 Å². The molecule has 226 valence electrons. The SMILES string of the molecule is CN/C=C(Cl)\C(=C/N)c1ccc(C(CO)NC(=O)[C@@H]2CCCN2C(=O)[C@H](C(C)C)N2C=NC(C)(C(C)(C)C)C2)cc1. The molecule has 2 amide bonds. The molecule has 0 aromatic heterocycles. The molecule has 5 N–H and O–H groups in total. The molecule has 2 heterocycles. The zero-order valence-electron chi connectivity index (χ0n) is 25.4. The van der Waals surface area contributed by atoms with Gasteiger partial charge in [-0.2, -0.15) is 0 Å². The molecule has 0 saturated carbocycles. The molecule has 2 aliphatic rings. The summed E-state index contributed by atoms with van der Waals surface area (Å²) in [6, 6.07) is 5.71. The molecule has 1 aromatic rings. The lowest BCUT2D eigenvalue weighted by Gasteiger charge is -2.40. The summed E-state index contributed by atoms with van der Waals surface area (Å²) in [5, 5.41) is 16.5. The Bertz CT molecular complexity index is 1170. The van der Waals surface area contributed by atoms with Crippen molar-refractivity contribution in [2.24, 2.45) is 22.1 Å². The molecule has 0 aliphatic carbocycles. The van der Waals surface area contributed by atoms with Crippen LogP contribution in [0.5, 0.6) is 0 Å². The maximum atomic E-state index is 14.0. The Kier molecular flexibility index (Phi) is 10.5. The minimum Gasteiger partial charge on any atom is -0.404 e. The van der Waals surface area contributed by atoms with Crippen LogP contribution in [0.1, 0.15) is 71.6 Å². The van der Waals surface area contributed by atoms with Crippen LogP contribution < -0.4 is 16.4 Å². The summed E-state index contributed by atoms with van der Waals surface area (Å²) >= 11 is 6.32. The van der Waals surface area contributed by atoms with Gasteiger partial charge >= 0.3 is 0 Å². The molecule has 41 heavy (non-hydrogen) atoms. The summed E-state index contributed by atoms with van der Waals surface area (Å²) in [4.78, 5) is 36.1. The summed E-state index contributed by atoms with van der Waals surface area (Å²) < 4.78 is 0. The van der Waals surface area contributed by atoms with Gasteiger partial charge in [-0.25, -0.2) is 0 Å². The van der Waals surface area contributed by atoms with Crippen molar-refractivity contribution in [3.05, 3.63) is 52.8 Å². The van der Waals surface area contributed by atoms with E-state index in [1.54, 1.807) is 18.1 Å². The molecule has 10 heteroatoms. The van der Waals surface area contributed by atoms with E-state index in [-0.39, 0.29) is 35.3 Å². The van der Waals surface area contributed by atoms with E-state index in [2.05, 4.69) is 38.3 Å². The first-order valence-corrected chi connectivity index (χ1v) is 14.7. The van der Waals surface area contributed by atoms with E-state index in [0.717, 1.165) is 17.5 Å². The number of rotatable bonds is 10. The predicted octanol–water partition coefficient (Wildman–Crippen LogP) is 3.60. The van der Waals surface area contributed by atoms with Gasteiger partial charge < -0.3 is 31.3 Å². The number of hydrogen-bond donors (Lipinski definition) is 4. The largest absolute Gasteiger partial charge is 0.404 e. The summed E-state index contributed by atoms with van der Waals surface area (Å²) in [5.41, 5.74) is 7.62. The van der Waals surface area contributed by atoms with E-state index < -0.39 is 18.1 Å². The molecule has 9 nitrogen and oxygen atoms in total. The number of benzene rings is 1. The minimum absolute atomic E-state index is 0.0354. The number of nitrogens with one attached hydrogen (secondary N) is 2. The van der Waals surface area contributed by atoms with Crippen LogP contribution in [0, 0.1) is 11.3 Å². The van der Waals surface area contributed by atoms with Crippen molar-refractivity contribution in [1.29, 1.82) is 0 Å². The van der Waals surface area contributed by atoms with E-state index >= 15 is 0 Å². The molecule has 0 radical (unpaired) electrons. The lowest BCUT2D eigenvalue weighted by molar-refractivity contribution is -0.143. The lowest BCUT2D eigenvalue weighted by Crippen LogP contribution is -2.56. The normalized spacial score (nSPS) is 23.2. The van der Waals surface area contributed by atoms with Crippen molar-refractivity contribution in [2.45, 2.75) is 78.0 Å². The number of aliphatic hydroxyl groups is 1. The van der Waals surface area contributed by atoms with Crippen LogP contribution in [-0.2, 0) is 9.59 Å². The number of aliphatic hydroxyl groups excluding tert-OH is 1. The molecule has 0 bridgehead atoms. The van der Waals surface area contributed by atoms with E-state index in [0.29, 0.717) is 30.1 Å². The Morgan fingerprint density at radius 1 is 1.27 bits per heavy atom. The molecule has 4 atom stereocenters. The predicted molar refractivity (Wildman–Crippen MR) is 166 cm³/mol. The quantitative estimate of drug-likeness (QED) is 0.311. The van der Waals surface area contributed by atoms with Gasteiger partial charge in [-0.3, -0.25) is 14.6 Å². The monoisotopic (exact) mass is 586 g/mol. The number of carbonyl (C=O) groups excluding carboxylic acids is 2. The molecule has 1 aromatic carbocycles. The van der Waals surface area contributed by atoms with Gasteiger partial charge in [0.25, 0.3) is 0 Å². The van der Waals surface area contributed by atoms with Crippen molar-refractivity contribution in [1.82, 2.24) is 20.4 Å². The van der Waals surface area contributed by atoms with Crippen LogP contribution in [0.3, 0.4) is 0 Å². The third-order valence-electron chi connectivity index (χ3n) is 8.50. The Morgan fingerprint density at radius 2 is 1.93 bits per heavy atom. The highest BCUT2D eigenvalue weighted by atomic mass is 35.5. The molecule has 3 rings (SSSR count). The Morgan fingerprint density at radius 3 is 2.44 bits per heavy atom. The number of amides is 2. The second-order valence-electron chi connectivity index (χ2n) is 12.5. The van der Waals surface area contributed by atoms with Crippen LogP contribution in [0.25, 0.3) is 5.57 Å². The highest BCUT2D eigenvalue weighted by Crippen LogP contribution is 2.38. The minimum atomic E-state index is -0.623. The van der Waals surface area contributed by atoms with E-state index in [9.17, 15) is 14.7 Å². The number of nitrogens with two attached hydrogens (primary N) is 1. The van der Waals surface area contributed by atoms with Crippen molar-refractivity contribution >= 4 is 35.3 Å². The molecule has 2 unspecified atom stereocenters. The van der Waals surface area contributed by atoms with Gasteiger partial charge in [-0.15, -0.1) is 0 Å². The zero-order chi connectivity index (χ0) is 30.5.